The molecule has 0 atom stereocenters. The van der Waals surface area contributed by atoms with E-state index in [9.17, 15) is 4.79 Å². The van der Waals surface area contributed by atoms with Gasteiger partial charge in [0.25, 0.3) is 0 Å². The fraction of sp³-hybridized carbons (Fsp3) is 0.308. The highest BCUT2D eigenvalue weighted by molar-refractivity contribution is 5.94. The van der Waals surface area contributed by atoms with E-state index in [2.05, 4.69) is 12.1 Å². The van der Waals surface area contributed by atoms with Crippen LogP contribution in [0, 0.1) is 0 Å². The maximum Gasteiger partial charge on any atom is 0.159 e. The van der Waals surface area contributed by atoms with Crippen molar-refractivity contribution in [3.63, 3.8) is 0 Å². The van der Waals surface area contributed by atoms with Crippen LogP contribution in [0.15, 0.2) is 30.3 Å². The monoisotopic (exact) mass is 186 g/mol. The number of benzene rings is 1. The summed E-state index contributed by atoms with van der Waals surface area (Å²) in [6.07, 6.45) is 5.86. The SMILES string of the molecule is CC(=O)c1cccc(C2=CCCC2)c1. The van der Waals surface area contributed by atoms with Gasteiger partial charge in [-0.1, -0.05) is 24.3 Å². The quantitative estimate of drug-likeness (QED) is 0.646. The molecule has 0 saturated heterocycles. The third-order valence-corrected chi connectivity index (χ3v) is 2.68. The predicted octanol–water partition coefficient (Wildman–Crippen LogP) is 3.46. The van der Waals surface area contributed by atoms with Gasteiger partial charge in [0.2, 0.25) is 0 Å². The van der Waals surface area contributed by atoms with E-state index in [1.54, 1.807) is 6.92 Å². The second-order valence-electron chi connectivity index (χ2n) is 3.76. The van der Waals surface area contributed by atoms with E-state index < -0.39 is 0 Å². The maximum atomic E-state index is 11.2. The number of rotatable bonds is 2. The number of carbonyl (C=O) groups excluding carboxylic acids is 1. The lowest BCUT2D eigenvalue weighted by atomic mass is 10.0. The molecule has 0 aromatic heterocycles. The van der Waals surface area contributed by atoms with Gasteiger partial charge in [-0.3, -0.25) is 4.79 Å². The standard InChI is InChI=1S/C13H14O/c1-10(14)12-7-4-8-13(9-12)11-5-2-3-6-11/h4-5,7-9H,2-3,6H2,1H3. The second-order valence-corrected chi connectivity index (χ2v) is 3.76. The van der Waals surface area contributed by atoms with Crippen molar-refractivity contribution >= 4 is 11.4 Å². The van der Waals surface area contributed by atoms with Crippen LogP contribution in [0.4, 0.5) is 0 Å². The Bertz CT molecular complexity index is 388. The highest BCUT2D eigenvalue weighted by Gasteiger charge is 2.08. The molecule has 0 unspecified atom stereocenters. The van der Waals surface area contributed by atoms with Crippen LogP contribution in [0.25, 0.3) is 5.57 Å². The van der Waals surface area contributed by atoms with E-state index in [0.29, 0.717) is 0 Å². The molecular weight excluding hydrogens is 172 g/mol. The molecule has 0 aliphatic heterocycles. The number of hydrogen-bond acceptors (Lipinski definition) is 1. The molecule has 1 aliphatic carbocycles. The van der Waals surface area contributed by atoms with Crippen molar-refractivity contribution in [3.05, 3.63) is 41.5 Å². The Hall–Kier alpha value is -1.37. The molecule has 2 rings (SSSR count). The summed E-state index contributed by atoms with van der Waals surface area (Å²) >= 11 is 0. The topological polar surface area (TPSA) is 17.1 Å². The summed E-state index contributed by atoms with van der Waals surface area (Å²) < 4.78 is 0. The average molecular weight is 186 g/mol. The summed E-state index contributed by atoms with van der Waals surface area (Å²) in [7, 11) is 0. The van der Waals surface area contributed by atoms with Gasteiger partial charge in [0.15, 0.2) is 5.78 Å². The van der Waals surface area contributed by atoms with Crippen molar-refractivity contribution in [2.75, 3.05) is 0 Å². The zero-order chi connectivity index (χ0) is 9.97. The van der Waals surface area contributed by atoms with Gasteiger partial charge >= 0.3 is 0 Å². The van der Waals surface area contributed by atoms with E-state index >= 15 is 0 Å². The zero-order valence-corrected chi connectivity index (χ0v) is 8.42. The Balaban J connectivity index is 2.34. The lowest BCUT2D eigenvalue weighted by Crippen LogP contribution is -1.92. The van der Waals surface area contributed by atoms with E-state index in [1.165, 1.54) is 24.0 Å². The number of carbonyl (C=O) groups is 1. The lowest BCUT2D eigenvalue weighted by Gasteiger charge is -2.03. The molecule has 1 aromatic rings. The van der Waals surface area contributed by atoms with Crippen molar-refractivity contribution in [2.24, 2.45) is 0 Å². The van der Waals surface area contributed by atoms with Crippen molar-refractivity contribution in [1.82, 2.24) is 0 Å². The Morgan fingerprint density at radius 1 is 1.36 bits per heavy atom. The van der Waals surface area contributed by atoms with Gasteiger partial charge < -0.3 is 0 Å². The first-order chi connectivity index (χ1) is 6.77. The lowest BCUT2D eigenvalue weighted by molar-refractivity contribution is 0.101. The first-order valence-corrected chi connectivity index (χ1v) is 5.08. The zero-order valence-electron chi connectivity index (χ0n) is 8.42. The van der Waals surface area contributed by atoms with E-state index in [4.69, 9.17) is 0 Å². The van der Waals surface area contributed by atoms with Crippen molar-refractivity contribution in [3.8, 4) is 0 Å². The van der Waals surface area contributed by atoms with Gasteiger partial charge in [-0.25, -0.2) is 0 Å². The van der Waals surface area contributed by atoms with Gasteiger partial charge in [0.05, 0.1) is 0 Å². The largest absolute Gasteiger partial charge is 0.295 e. The summed E-state index contributed by atoms with van der Waals surface area (Å²) in [6.45, 7) is 1.61. The van der Waals surface area contributed by atoms with Crippen LogP contribution < -0.4 is 0 Å². The summed E-state index contributed by atoms with van der Waals surface area (Å²) in [5, 5.41) is 0. The van der Waals surface area contributed by atoms with E-state index in [0.717, 1.165) is 12.0 Å². The van der Waals surface area contributed by atoms with Crippen LogP contribution in [0.5, 0.6) is 0 Å². The second kappa shape index (κ2) is 3.79. The minimum absolute atomic E-state index is 0.144. The van der Waals surface area contributed by atoms with Crippen LogP contribution in [0.2, 0.25) is 0 Å². The first kappa shape index (κ1) is 9.20. The summed E-state index contributed by atoms with van der Waals surface area (Å²) in [5.74, 6) is 0.144. The van der Waals surface area contributed by atoms with Gasteiger partial charge in [0, 0.05) is 5.56 Å². The van der Waals surface area contributed by atoms with Crippen LogP contribution in [0.1, 0.15) is 42.1 Å². The normalized spacial score (nSPS) is 15.4. The summed E-state index contributed by atoms with van der Waals surface area (Å²) in [4.78, 5) is 11.2. The molecule has 0 amide bonds. The Labute approximate surface area is 84.5 Å². The van der Waals surface area contributed by atoms with Crippen molar-refractivity contribution in [2.45, 2.75) is 26.2 Å². The Morgan fingerprint density at radius 2 is 2.21 bits per heavy atom. The minimum Gasteiger partial charge on any atom is -0.295 e. The molecule has 0 bridgehead atoms. The van der Waals surface area contributed by atoms with Gasteiger partial charge in [-0.15, -0.1) is 0 Å². The number of hydrogen-bond donors (Lipinski definition) is 0. The van der Waals surface area contributed by atoms with Crippen LogP contribution in [-0.4, -0.2) is 5.78 Å². The molecule has 0 heterocycles. The molecule has 0 spiro atoms. The third kappa shape index (κ3) is 1.77. The fourth-order valence-corrected chi connectivity index (χ4v) is 1.87. The number of Topliss-reactive ketones (excluding diaryl/α,β-unsaturated/α-hetero) is 1. The van der Waals surface area contributed by atoms with Gasteiger partial charge in [0.1, 0.15) is 0 Å². The molecule has 1 nitrogen and oxygen atoms in total. The van der Waals surface area contributed by atoms with E-state index in [1.807, 2.05) is 18.2 Å². The van der Waals surface area contributed by atoms with Gasteiger partial charge in [-0.2, -0.15) is 0 Å². The predicted molar refractivity (Wildman–Crippen MR) is 58.3 cm³/mol. The summed E-state index contributed by atoms with van der Waals surface area (Å²) in [6, 6.07) is 7.93. The van der Waals surface area contributed by atoms with Gasteiger partial charge in [-0.05, 0) is 43.4 Å². The van der Waals surface area contributed by atoms with Crippen LogP contribution >= 0.6 is 0 Å². The molecule has 1 aromatic carbocycles. The van der Waals surface area contributed by atoms with Crippen molar-refractivity contribution in [1.29, 1.82) is 0 Å². The third-order valence-electron chi connectivity index (χ3n) is 2.68. The highest BCUT2D eigenvalue weighted by atomic mass is 16.1. The maximum absolute atomic E-state index is 11.2. The molecular formula is C13H14O. The Morgan fingerprint density at radius 3 is 2.86 bits per heavy atom. The fourth-order valence-electron chi connectivity index (χ4n) is 1.87. The minimum atomic E-state index is 0.144. The number of allylic oxidation sites excluding steroid dienone is 2. The van der Waals surface area contributed by atoms with Crippen LogP contribution in [0.3, 0.4) is 0 Å². The number of ketones is 1. The first-order valence-electron chi connectivity index (χ1n) is 5.08. The molecule has 0 radical (unpaired) electrons. The molecule has 0 fully saturated rings. The summed E-state index contributed by atoms with van der Waals surface area (Å²) in [5.41, 5.74) is 3.43. The molecule has 72 valence electrons. The molecule has 0 saturated carbocycles. The highest BCUT2D eigenvalue weighted by Crippen LogP contribution is 2.27. The molecule has 14 heavy (non-hydrogen) atoms. The average Bonchev–Trinajstić information content (AvgIpc) is 2.71. The van der Waals surface area contributed by atoms with Crippen molar-refractivity contribution < 1.29 is 4.79 Å². The van der Waals surface area contributed by atoms with Crippen LogP contribution in [-0.2, 0) is 0 Å². The molecule has 0 N–H and O–H groups in total. The smallest absolute Gasteiger partial charge is 0.159 e. The Kier molecular flexibility index (Phi) is 2.49. The molecule has 1 aliphatic rings. The van der Waals surface area contributed by atoms with E-state index in [-0.39, 0.29) is 5.78 Å². The molecule has 1 heteroatoms.